The molecule has 0 amide bonds. The Morgan fingerprint density at radius 1 is 1.13 bits per heavy atom. The Morgan fingerprint density at radius 2 is 1.81 bits per heavy atom. The van der Waals surface area contributed by atoms with Crippen LogP contribution in [0.1, 0.15) is 39.1 Å². The summed E-state index contributed by atoms with van der Waals surface area (Å²) >= 11 is 0. The van der Waals surface area contributed by atoms with Crippen molar-refractivity contribution < 1.29 is 9.47 Å². The van der Waals surface area contributed by atoms with Crippen LogP contribution in [0.2, 0.25) is 0 Å². The molecule has 0 spiro atoms. The molecule has 3 N–H and O–H groups in total. The lowest BCUT2D eigenvalue weighted by Gasteiger charge is -2.14. The predicted octanol–water partition coefficient (Wildman–Crippen LogP) is 3.42. The summed E-state index contributed by atoms with van der Waals surface area (Å²) in [4.78, 5) is 0. The van der Waals surface area contributed by atoms with Gasteiger partial charge >= 0.3 is 0 Å². The first-order valence-corrected chi connectivity index (χ1v) is 9.31. The van der Waals surface area contributed by atoms with Gasteiger partial charge < -0.3 is 15.2 Å². The van der Waals surface area contributed by atoms with Crippen LogP contribution in [0.3, 0.4) is 0 Å². The highest BCUT2D eigenvalue weighted by molar-refractivity contribution is 6.14. The average Bonchev–Trinajstić information content (AvgIpc) is 2.78. The highest BCUT2D eigenvalue weighted by Gasteiger charge is 2.17. The molecule has 3 rings (SSSR count). The number of anilines is 1. The van der Waals surface area contributed by atoms with Crippen LogP contribution in [0.25, 0.3) is 0 Å². The summed E-state index contributed by atoms with van der Waals surface area (Å²) < 4.78 is 11.1. The van der Waals surface area contributed by atoms with E-state index in [1.54, 1.807) is 24.4 Å². The van der Waals surface area contributed by atoms with Crippen LogP contribution in [-0.2, 0) is 6.61 Å². The van der Waals surface area contributed by atoms with Crippen molar-refractivity contribution in [3.63, 3.8) is 0 Å². The fourth-order valence-corrected chi connectivity index (χ4v) is 3.16. The zero-order valence-electron chi connectivity index (χ0n) is 17.4. The van der Waals surface area contributed by atoms with E-state index in [0.29, 0.717) is 29.2 Å². The maximum Gasteiger partial charge on any atom is 0.154 e. The van der Waals surface area contributed by atoms with E-state index in [1.807, 2.05) is 26.0 Å². The molecule has 31 heavy (non-hydrogen) atoms. The Hall–Kier alpha value is -4.43. The first-order chi connectivity index (χ1) is 14.9. The predicted molar refractivity (Wildman–Crippen MR) is 115 cm³/mol. The second kappa shape index (κ2) is 8.93. The van der Waals surface area contributed by atoms with Gasteiger partial charge in [-0.05, 0) is 49.7 Å². The average molecular weight is 412 g/mol. The van der Waals surface area contributed by atoms with Crippen LogP contribution in [0.4, 0.5) is 5.69 Å². The second-order valence-corrected chi connectivity index (χ2v) is 6.83. The Kier molecular flexibility index (Phi) is 6.13. The van der Waals surface area contributed by atoms with Gasteiger partial charge in [0.25, 0.3) is 0 Å². The molecule has 0 aliphatic heterocycles. The van der Waals surface area contributed by atoms with Gasteiger partial charge in [0.1, 0.15) is 24.5 Å². The van der Waals surface area contributed by atoms with E-state index >= 15 is 0 Å². The largest absolute Gasteiger partial charge is 0.494 e. The third kappa shape index (κ3) is 4.29. The van der Waals surface area contributed by atoms with E-state index in [4.69, 9.17) is 20.6 Å². The van der Waals surface area contributed by atoms with Crippen LogP contribution in [-0.4, -0.2) is 23.0 Å². The van der Waals surface area contributed by atoms with Gasteiger partial charge in [0.15, 0.2) is 5.75 Å². The van der Waals surface area contributed by atoms with Crippen molar-refractivity contribution in [2.75, 3.05) is 12.8 Å². The number of aromatic nitrogens is 2. The smallest absolute Gasteiger partial charge is 0.154 e. The fourth-order valence-electron chi connectivity index (χ4n) is 3.16. The number of nitriles is 2. The fraction of sp³-hybridized carbons (Fsp3) is 0.174. The minimum absolute atomic E-state index is 0.0662. The summed E-state index contributed by atoms with van der Waals surface area (Å²) in [6.45, 7) is 4.10. The molecule has 0 aliphatic rings. The van der Waals surface area contributed by atoms with E-state index in [1.165, 1.54) is 19.2 Å². The molecule has 154 valence electrons. The van der Waals surface area contributed by atoms with Crippen molar-refractivity contribution in [2.24, 2.45) is 0 Å². The number of methoxy groups -OCH3 is 1. The summed E-state index contributed by atoms with van der Waals surface area (Å²) in [5.74, 6) is 0.711. The van der Waals surface area contributed by atoms with Gasteiger partial charge in [0.2, 0.25) is 0 Å². The number of aryl methyl sites for hydroxylation is 2. The van der Waals surface area contributed by atoms with Crippen molar-refractivity contribution in [1.29, 1.82) is 15.9 Å². The molecule has 0 bridgehead atoms. The second-order valence-electron chi connectivity index (χ2n) is 6.83. The Balaban J connectivity index is 1.94. The maximum absolute atomic E-state index is 9.40. The molecule has 1 heterocycles. The number of ether oxygens (including phenoxy) is 2. The lowest BCUT2D eigenvalue weighted by molar-refractivity contribution is 0.303. The number of hydrogen-bond donors (Lipinski definition) is 2. The third-order valence-corrected chi connectivity index (χ3v) is 4.87. The molecule has 0 saturated heterocycles. The van der Waals surface area contributed by atoms with Crippen LogP contribution in [0.15, 0.2) is 36.5 Å². The zero-order chi connectivity index (χ0) is 22.5. The van der Waals surface area contributed by atoms with E-state index in [0.717, 1.165) is 16.8 Å². The van der Waals surface area contributed by atoms with Crippen LogP contribution in [0, 0.1) is 41.9 Å². The van der Waals surface area contributed by atoms with Crippen molar-refractivity contribution in [1.82, 2.24) is 10.2 Å². The van der Waals surface area contributed by atoms with E-state index in [9.17, 15) is 10.5 Å². The summed E-state index contributed by atoms with van der Waals surface area (Å²) in [7, 11) is 1.39. The number of nitrogens with two attached hydrogens (primary N) is 1. The summed E-state index contributed by atoms with van der Waals surface area (Å²) in [6, 6.07) is 12.1. The molecule has 0 aliphatic carbocycles. The van der Waals surface area contributed by atoms with Gasteiger partial charge in [0.05, 0.1) is 35.8 Å². The van der Waals surface area contributed by atoms with Gasteiger partial charge in [-0.3, -0.25) is 5.41 Å². The van der Waals surface area contributed by atoms with E-state index in [2.05, 4.69) is 10.2 Å². The van der Waals surface area contributed by atoms with Gasteiger partial charge in [0, 0.05) is 22.4 Å². The molecule has 3 aromatic rings. The third-order valence-electron chi connectivity index (χ3n) is 4.87. The first-order valence-electron chi connectivity index (χ1n) is 9.31. The lowest BCUT2D eigenvalue weighted by atomic mass is 9.96. The molecular weight excluding hydrogens is 392 g/mol. The zero-order valence-corrected chi connectivity index (χ0v) is 17.4. The monoisotopic (exact) mass is 412 g/mol. The topological polar surface area (TPSA) is 142 Å². The number of nitrogens with one attached hydrogen (secondary N) is 1. The van der Waals surface area contributed by atoms with Crippen molar-refractivity contribution in [3.05, 3.63) is 75.6 Å². The van der Waals surface area contributed by atoms with Gasteiger partial charge in [-0.25, -0.2) is 0 Å². The molecule has 8 heteroatoms. The number of benzene rings is 2. The Morgan fingerprint density at radius 3 is 2.39 bits per heavy atom. The standard InChI is InChI=1S/C23H20N6O2/c1-13-11-28-29-14(2)20(13)12-31-18-4-5-21(26)19(8-18)22(27)15-6-16(9-24)23(30-3)17(7-15)10-25/h4-8,11,27H,12,26H2,1-3H3. The maximum atomic E-state index is 9.40. The molecule has 0 fully saturated rings. The van der Waals surface area contributed by atoms with E-state index in [-0.39, 0.29) is 22.6 Å². The highest BCUT2D eigenvalue weighted by atomic mass is 16.5. The minimum atomic E-state index is 0.0662. The summed E-state index contributed by atoms with van der Waals surface area (Å²) in [6.07, 6.45) is 1.68. The van der Waals surface area contributed by atoms with Gasteiger partial charge in [-0.1, -0.05) is 0 Å². The van der Waals surface area contributed by atoms with Gasteiger partial charge in [-0.2, -0.15) is 20.7 Å². The number of rotatable bonds is 6. The molecule has 0 radical (unpaired) electrons. The molecule has 1 aromatic heterocycles. The van der Waals surface area contributed by atoms with Crippen LogP contribution in [0.5, 0.6) is 11.5 Å². The van der Waals surface area contributed by atoms with Crippen molar-refractivity contribution in [2.45, 2.75) is 20.5 Å². The number of nitrogens with zero attached hydrogens (tertiary/aromatic N) is 4. The Labute approximate surface area is 180 Å². The van der Waals surface area contributed by atoms with Gasteiger partial charge in [-0.15, -0.1) is 0 Å². The number of hydrogen-bond acceptors (Lipinski definition) is 8. The molecule has 0 unspecified atom stereocenters. The SMILES string of the molecule is COc1c(C#N)cc(C(=N)c2cc(OCc3c(C)cnnc3C)ccc2N)cc1C#N. The van der Waals surface area contributed by atoms with E-state index < -0.39 is 0 Å². The summed E-state index contributed by atoms with van der Waals surface area (Å²) in [5, 5.41) is 35.4. The minimum Gasteiger partial charge on any atom is -0.494 e. The van der Waals surface area contributed by atoms with Crippen LogP contribution < -0.4 is 15.2 Å². The highest BCUT2D eigenvalue weighted by Crippen LogP contribution is 2.28. The molecule has 8 nitrogen and oxygen atoms in total. The number of nitrogen functional groups attached to an aromatic ring is 1. The van der Waals surface area contributed by atoms with Crippen molar-refractivity contribution >= 4 is 11.4 Å². The summed E-state index contributed by atoms with van der Waals surface area (Å²) in [5.41, 5.74) is 10.4. The normalized spacial score (nSPS) is 10.1. The van der Waals surface area contributed by atoms with Crippen LogP contribution >= 0.6 is 0 Å². The molecule has 2 aromatic carbocycles. The molecule has 0 saturated carbocycles. The Bertz CT molecular complexity index is 1200. The first kappa shape index (κ1) is 21.3. The molecular formula is C23H20N6O2. The van der Waals surface area contributed by atoms with Crippen molar-refractivity contribution in [3.8, 4) is 23.6 Å². The quantitative estimate of drug-likeness (QED) is 0.466. The lowest BCUT2D eigenvalue weighted by Crippen LogP contribution is -2.08. The molecule has 0 atom stereocenters.